The number of hydrogen-bond donors (Lipinski definition) is 1. The first kappa shape index (κ1) is 17.8. The van der Waals surface area contributed by atoms with Crippen molar-refractivity contribution < 1.29 is 14.5 Å². The third-order valence-corrected chi connectivity index (χ3v) is 3.76. The van der Waals surface area contributed by atoms with Crippen LogP contribution in [-0.2, 0) is 0 Å². The second-order valence-electron chi connectivity index (χ2n) is 4.73. The lowest BCUT2D eigenvalue weighted by atomic mass is 10.2. The van der Waals surface area contributed by atoms with E-state index in [2.05, 4.69) is 5.32 Å². The Morgan fingerprint density at radius 2 is 1.96 bits per heavy atom. The van der Waals surface area contributed by atoms with Crippen LogP contribution in [-0.4, -0.2) is 25.1 Å². The van der Waals surface area contributed by atoms with Gasteiger partial charge in [-0.05, 0) is 18.2 Å². The number of urea groups is 1. The Labute approximate surface area is 147 Å². The summed E-state index contributed by atoms with van der Waals surface area (Å²) in [6.07, 6.45) is 0. The predicted molar refractivity (Wildman–Crippen MR) is 93.5 cm³/mol. The molecule has 9 heteroatoms. The number of amides is 2. The molecule has 2 rings (SSSR count). The fraction of sp³-hybridized carbons (Fsp3) is 0.133. The van der Waals surface area contributed by atoms with Crippen molar-refractivity contribution in [1.82, 2.24) is 0 Å². The molecule has 0 saturated heterocycles. The van der Waals surface area contributed by atoms with E-state index in [9.17, 15) is 14.9 Å². The zero-order chi connectivity index (χ0) is 17.9. The summed E-state index contributed by atoms with van der Waals surface area (Å²) in [6.45, 7) is 0. The smallest absolute Gasteiger partial charge is 0.326 e. The van der Waals surface area contributed by atoms with Gasteiger partial charge in [-0.3, -0.25) is 15.0 Å². The van der Waals surface area contributed by atoms with E-state index in [1.165, 1.54) is 30.2 Å². The topological polar surface area (TPSA) is 84.7 Å². The van der Waals surface area contributed by atoms with E-state index in [0.717, 1.165) is 0 Å². The maximum Gasteiger partial charge on any atom is 0.326 e. The van der Waals surface area contributed by atoms with E-state index < -0.39 is 11.0 Å². The van der Waals surface area contributed by atoms with E-state index in [0.29, 0.717) is 16.5 Å². The van der Waals surface area contributed by atoms with Gasteiger partial charge in [0.15, 0.2) is 0 Å². The first-order valence-electron chi connectivity index (χ1n) is 6.65. The second-order valence-corrected chi connectivity index (χ2v) is 5.57. The van der Waals surface area contributed by atoms with Crippen molar-refractivity contribution in [3.63, 3.8) is 0 Å². The van der Waals surface area contributed by atoms with E-state index in [-0.39, 0.29) is 16.4 Å². The van der Waals surface area contributed by atoms with Gasteiger partial charge in [-0.2, -0.15) is 0 Å². The molecule has 126 valence electrons. The molecule has 0 radical (unpaired) electrons. The molecule has 0 bridgehead atoms. The maximum absolute atomic E-state index is 12.4. The summed E-state index contributed by atoms with van der Waals surface area (Å²) in [4.78, 5) is 23.8. The molecule has 2 aromatic carbocycles. The minimum Gasteiger partial charge on any atom is -0.495 e. The van der Waals surface area contributed by atoms with E-state index in [4.69, 9.17) is 27.9 Å². The lowest BCUT2D eigenvalue weighted by Crippen LogP contribution is -2.31. The number of rotatable bonds is 4. The number of methoxy groups -OCH3 is 1. The summed E-state index contributed by atoms with van der Waals surface area (Å²) in [7, 11) is 3.01. The fourth-order valence-corrected chi connectivity index (χ4v) is 2.34. The van der Waals surface area contributed by atoms with Crippen molar-refractivity contribution in [3.8, 4) is 5.75 Å². The Morgan fingerprint density at radius 1 is 1.25 bits per heavy atom. The van der Waals surface area contributed by atoms with Crippen LogP contribution in [0.1, 0.15) is 0 Å². The summed E-state index contributed by atoms with van der Waals surface area (Å²) in [5.41, 5.74) is 0.593. The lowest BCUT2D eigenvalue weighted by molar-refractivity contribution is -0.384. The molecule has 2 aromatic rings. The maximum atomic E-state index is 12.4. The van der Waals surface area contributed by atoms with Gasteiger partial charge in [-0.15, -0.1) is 0 Å². The Balaban J connectivity index is 2.22. The van der Waals surface area contributed by atoms with Crippen LogP contribution in [0.3, 0.4) is 0 Å². The van der Waals surface area contributed by atoms with Crippen molar-refractivity contribution in [3.05, 3.63) is 56.6 Å². The normalized spacial score (nSPS) is 10.2. The number of carbonyl (C=O) groups is 1. The number of anilines is 2. The van der Waals surface area contributed by atoms with Crippen LogP contribution < -0.4 is 15.0 Å². The highest BCUT2D eigenvalue weighted by Crippen LogP contribution is 2.32. The first-order valence-corrected chi connectivity index (χ1v) is 7.41. The van der Waals surface area contributed by atoms with Crippen molar-refractivity contribution >= 4 is 46.3 Å². The number of nitrogens with zero attached hydrogens (tertiary/aromatic N) is 2. The third kappa shape index (κ3) is 3.87. The van der Waals surface area contributed by atoms with E-state index in [1.54, 1.807) is 25.2 Å². The van der Waals surface area contributed by atoms with Crippen LogP contribution in [0, 0.1) is 10.1 Å². The predicted octanol–water partition coefficient (Wildman–Crippen LogP) is 4.58. The molecule has 0 aliphatic carbocycles. The van der Waals surface area contributed by atoms with Crippen molar-refractivity contribution in [2.45, 2.75) is 0 Å². The number of nitrogens with one attached hydrogen (secondary N) is 1. The van der Waals surface area contributed by atoms with Crippen LogP contribution >= 0.6 is 23.2 Å². The minimum atomic E-state index is -0.567. The number of nitro benzene ring substituents is 1. The summed E-state index contributed by atoms with van der Waals surface area (Å²) in [5.74, 6) is 0.426. The van der Waals surface area contributed by atoms with E-state index in [1.807, 2.05) is 0 Å². The fourth-order valence-electron chi connectivity index (χ4n) is 1.96. The Kier molecular flexibility index (Phi) is 5.48. The summed E-state index contributed by atoms with van der Waals surface area (Å²) in [5, 5.41) is 13.8. The molecule has 1 N–H and O–H groups in total. The zero-order valence-electron chi connectivity index (χ0n) is 12.7. The highest BCUT2D eigenvalue weighted by Gasteiger charge is 2.18. The molecule has 0 saturated carbocycles. The first-order chi connectivity index (χ1) is 11.3. The van der Waals surface area contributed by atoms with Crippen molar-refractivity contribution in [2.75, 3.05) is 24.4 Å². The molecule has 0 heterocycles. The van der Waals surface area contributed by atoms with Gasteiger partial charge < -0.3 is 10.1 Å². The number of ether oxygens (including phenoxy) is 1. The van der Waals surface area contributed by atoms with Crippen LogP contribution in [0.15, 0.2) is 36.4 Å². The average Bonchev–Trinajstić information content (AvgIpc) is 2.55. The Morgan fingerprint density at radius 3 is 2.54 bits per heavy atom. The number of nitro groups is 1. The summed E-state index contributed by atoms with van der Waals surface area (Å²) < 4.78 is 5.21. The monoisotopic (exact) mass is 369 g/mol. The largest absolute Gasteiger partial charge is 0.495 e. The average molecular weight is 370 g/mol. The molecular weight excluding hydrogens is 357 g/mol. The highest BCUT2D eigenvalue weighted by molar-refractivity contribution is 6.34. The van der Waals surface area contributed by atoms with Gasteiger partial charge in [-0.1, -0.05) is 23.2 Å². The second kappa shape index (κ2) is 7.37. The molecule has 0 atom stereocenters. The van der Waals surface area contributed by atoms with Crippen LogP contribution in [0.25, 0.3) is 0 Å². The standard InChI is InChI=1S/C15H13Cl2N3O4/c1-19(13-6-3-9(16)7-14(13)24-2)15(21)18-12-5-4-10(20(22)23)8-11(12)17/h3-8H,1-2H3,(H,18,21). The molecule has 0 spiro atoms. The van der Waals surface area contributed by atoms with Crippen LogP contribution in [0.2, 0.25) is 10.0 Å². The molecule has 2 amide bonds. The minimum absolute atomic E-state index is 0.0639. The number of carbonyl (C=O) groups excluding carboxylic acids is 1. The molecule has 24 heavy (non-hydrogen) atoms. The number of halogens is 2. The van der Waals surface area contributed by atoms with Crippen molar-refractivity contribution in [2.24, 2.45) is 0 Å². The molecule has 0 aromatic heterocycles. The molecule has 7 nitrogen and oxygen atoms in total. The number of benzene rings is 2. The van der Waals surface area contributed by atoms with Gasteiger partial charge in [0.05, 0.1) is 28.4 Å². The number of hydrogen-bond acceptors (Lipinski definition) is 4. The van der Waals surface area contributed by atoms with Gasteiger partial charge in [0.2, 0.25) is 0 Å². The number of non-ortho nitro benzene ring substituents is 1. The molecule has 0 unspecified atom stereocenters. The van der Waals surface area contributed by atoms with Crippen LogP contribution in [0.4, 0.5) is 21.9 Å². The molecule has 0 aliphatic heterocycles. The SMILES string of the molecule is COc1cc(Cl)ccc1N(C)C(=O)Nc1ccc([N+](=O)[O-])cc1Cl. The molecular formula is C15H13Cl2N3O4. The summed E-state index contributed by atoms with van der Waals surface area (Å²) >= 11 is 11.9. The van der Waals surface area contributed by atoms with Gasteiger partial charge in [0, 0.05) is 30.3 Å². The third-order valence-electron chi connectivity index (χ3n) is 3.21. The van der Waals surface area contributed by atoms with Crippen molar-refractivity contribution in [1.29, 1.82) is 0 Å². The Hall–Kier alpha value is -2.51. The highest BCUT2D eigenvalue weighted by atomic mass is 35.5. The van der Waals surface area contributed by atoms with Gasteiger partial charge in [0.25, 0.3) is 5.69 Å². The van der Waals surface area contributed by atoms with Gasteiger partial charge in [-0.25, -0.2) is 4.79 Å². The Bertz CT molecular complexity index is 798. The van der Waals surface area contributed by atoms with Gasteiger partial charge in [0.1, 0.15) is 5.75 Å². The van der Waals surface area contributed by atoms with E-state index >= 15 is 0 Å². The quantitative estimate of drug-likeness (QED) is 0.631. The lowest BCUT2D eigenvalue weighted by Gasteiger charge is -2.21. The van der Waals surface area contributed by atoms with Gasteiger partial charge >= 0.3 is 6.03 Å². The molecule has 0 fully saturated rings. The molecule has 0 aliphatic rings. The zero-order valence-corrected chi connectivity index (χ0v) is 14.3. The van der Waals surface area contributed by atoms with Crippen LogP contribution in [0.5, 0.6) is 5.75 Å². The summed E-state index contributed by atoms with van der Waals surface area (Å²) in [6, 6.07) is 8.14.